The van der Waals surface area contributed by atoms with E-state index >= 15 is 0 Å². The number of benzene rings is 1. The number of nitrogens with zero attached hydrogens (tertiary/aromatic N) is 1. The SMILES string of the molecule is CC(C)=NC(=O)Cc1ccccc1. The molecule has 0 heterocycles. The molecule has 0 aliphatic heterocycles. The molecule has 68 valence electrons. The molecule has 0 saturated heterocycles. The Kier molecular flexibility index (Phi) is 3.38. The Labute approximate surface area is 78.3 Å². The van der Waals surface area contributed by atoms with Crippen LogP contribution in [0.5, 0.6) is 0 Å². The fraction of sp³-hybridized carbons (Fsp3) is 0.273. The zero-order chi connectivity index (χ0) is 9.68. The Balaban J connectivity index is 2.61. The molecule has 0 unspecified atom stereocenters. The molecule has 0 radical (unpaired) electrons. The Morgan fingerprint density at radius 2 is 1.85 bits per heavy atom. The van der Waals surface area contributed by atoms with Crippen LogP contribution in [0, 0.1) is 0 Å². The van der Waals surface area contributed by atoms with Gasteiger partial charge in [0.15, 0.2) is 0 Å². The lowest BCUT2D eigenvalue weighted by Crippen LogP contribution is -2.00. The molecule has 1 aromatic rings. The van der Waals surface area contributed by atoms with Crippen molar-refractivity contribution in [1.29, 1.82) is 0 Å². The lowest BCUT2D eigenvalue weighted by Gasteiger charge is -1.96. The van der Waals surface area contributed by atoms with Gasteiger partial charge in [-0.1, -0.05) is 30.3 Å². The minimum atomic E-state index is -0.0776. The average Bonchev–Trinajstić information content (AvgIpc) is 2.04. The number of rotatable bonds is 2. The van der Waals surface area contributed by atoms with Gasteiger partial charge in [0.05, 0.1) is 6.42 Å². The van der Waals surface area contributed by atoms with Gasteiger partial charge in [0.2, 0.25) is 5.91 Å². The molecule has 2 nitrogen and oxygen atoms in total. The normalized spacial score (nSPS) is 9.38. The standard InChI is InChI=1S/C11H13NO/c1-9(2)12-11(13)8-10-6-4-3-5-7-10/h3-7H,8H2,1-2H3. The van der Waals surface area contributed by atoms with E-state index in [4.69, 9.17) is 0 Å². The van der Waals surface area contributed by atoms with Gasteiger partial charge in [-0.25, -0.2) is 4.99 Å². The molecule has 1 amide bonds. The number of hydrogen-bond donors (Lipinski definition) is 0. The number of amides is 1. The molecule has 0 aromatic heterocycles. The molecule has 0 spiro atoms. The summed E-state index contributed by atoms with van der Waals surface area (Å²) in [5.74, 6) is -0.0776. The summed E-state index contributed by atoms with van der Waals surface area (Å²) >= 11 is 0. The quantitative estimate of drug-likeness (QED) is 0.634. The lowest BCUT2D eigenvalue weighted by atomic mass is 10.1. The second-order valence-corrected chi connectivity index (χ2v) is 3.12. The summed E-state index contributed by atoms with van der Waals surface area (Å²) in [4.78, 5) is 15.1. The first-order valence-electron chi connectivity index (χ1n) is 4.27. The molecule has 0 fully saturated rings. The summed E-state index contributed by atoms with van der Waals surface area (Å²) in [6, 6.07) is 9.63. The Hall–Kier alpha value is -1.44. The molecule has 2 heteroatoms. The lowest BCUT2D eigenvalue weighted by molar-refractivity contribution is -0.117. The van der Waals surface area contributed by atoms with Gasteiger partial charge in [-0.2, -0.15) is 0 Å². The summed E-state index contributed by atoms with van der Waals surface area (Å²) < 4.78 is 0. The summed E-state index contributed by atoms with van der Waals surface area (Å²) in [5.41, 5.74) is 1.82. The highest BCUT2D eigenvalue weighted by Gasteiger charge is 1.99. The fourth-order valence-electron chi connectivity index (χ4n) is 1.06. The van der Waals surface area contributed by atoms with E-state index in [2.05, 4.69) is 4.99 Å². The van der Waals surface area contributed by atoms with Crippen LogP contribution in [0.2, 0.25) is 0 Å². The van der Waals surface area contributed by atoms with Crippen molar-refractivity contribution in [3.8, 4) is 0 Å². The average molecular weight is 175 g/mol. The predicted molar refractivity (Wildman–Crippen MR) is 53.9 cm³/mol. The molecular weight excluding hydrogens is 162 g/mol. The molecular formula is C11H13NO. The smallest absolute Gasteiger partial charge is 0.249 e. The largest absolute Gasteiger partial charge is 0.272 e. The third-order valence-electron chi connectivity index (χ3n) is 1.55. The highest BCUT2D eigenvalue weighted by Crippen LogP contribution is 2.00. The second-order valence-electron chi connectivity index (χ2n) is 3.12. The fourth-order valence-corrected chi connectivity index (χ4v) is 1.06. The van der Waals surface area contributed by atoms with Gasteiger partial charge < -0.3 is 0 Å². The molecule has 13 heavy (non-hydrogen) atoms. The highest BCUT2D eigenvalue weighted by atomic mass is 16.1. The zero-order valence-electron chi connectivity index (χ0n) is 7.95. The van der Waals surface area contributed by atoms with Gasteiger partial charge in [-0.3, -0.25) is 4.79 Å². The van der Waals surface area contributed by atoms with Crippen LogP contribution in [0.3, 0.4) is 0 Å². The van der Waals surface area contributed by atoms with Crippen molar-refractivity contribution in [3.63, 3.8) is 0 Å². The summed E-state index contributed by atoms with van der Waals surface area (Å²) in [7, 11) is 0. The van der Waals surface area contributed by atoms with Crippen LogP contribution in [0.4, 0.5) is 0 Å². The van der Waals surface area contributed by atoms with E-state index < -0.39 is 0 Å². The van der Waals surface area contributed by atoms with E-state index in [1.165, 1.54) is 0 Å². The van der Waals surface area contributed by atoms with Crippen molar-refractivity contribution in [2.75, 3.05) is 0 Å². The van der Waals surface area contributed by atoms with E-state index in [9.17, 15) is 4.79 Å². The van der Waals surface area contributed by atoms with E-state index in [0.717, 1.165) is 11.3 Å². The van der Waals surface area contributed by atoms with Gasteiger partial charge in [0.1, 0.15) is 0 Å². The molecule has 0 bridgehead atoms. The number of hydrogen-bond acceptors (Lipinski definition) is 1. The molecule has 1 aromatic carbocycles. The first-order chi connectivity index (χ1) is 6.18. The highest BCUT2D eigenvalue weighted by molar-refractivity contribution is 5.93. The molecule has 0 atom stereocenters. The predicted octanol–water partition coefficient (Wildman–Crippen LogP) is 2.24. The summed E-state index contributed by atoms with van der Waals surface area (Å²) in [5, 5.41) is 0. The first kappa shape index (κ1) is 9.65. The molecule has 0 aliphatic rings. The molecule has 0 aliphatic carbocycles. The van der Waals surface area contributed by atoms with Crippen molar-refractivity contribution in [1.82, 2.24) is 0 Å². The van der Waals surface area contributed by atoms with Gasteiger partial charge in [0, 0.05) is 5.71 Å². The van der Waals surface area contributed by atoms with Crippen LogP contribution in [0.1, 0.15) is 19.4 Å². The van der Waals surface area contributed by atoms with Crippen LogP contribution < -0.4 is 0 Å². The first-order valence-corrected chi connectivity index (χ1v) is 4.27. The van der Waals surface area contributed by atoms with Gasteiger partial charge in [-0.05, 0) is 19.4 Å². The Morgan fingerprint density at radius 1 is 1.23 bits per heavy atom. The van der Waals surface area contributed by atoms with E-state index in [-0.39, 0.29) is 5.91 Å². The topological polar surface area (TPSA) is 29.4 Å². The van der Waals surface area contributed by atoms with E-state index in [1.54, 1.807) is 0 Å². The third-order valence-corrected chi connectivity index (χ3v) is 1.55. The van der Waals surface area contributed by atoms with Crippen molar-refractivity contribution >= 4 is 11.6 Å². The van der Waals surface area contributed by atoms with Crippen LogP contribution in [-0.2, 0) is 11.2 Å². The molecule has 1 rings (SSSR count). The zero-order valence-corrected chi connectivity index (χ0v) is 7.95. The Bertz CT molecular complexity index is 310. The third kappa shape index (κ3) is 3.65. The maximum atomic E-state index is 11.2. The second kappa shape index (κ2) is 4.55. The molecule has 0 saturated carbocycles. The van der Waals surface area contributed by atoms with Crippen molar-refractivity contribution in [2.24, 2.45) is 4.99 Å². The maximum Gasteiger partial charge on any atom is 0.249 e. The van der Waals surface area contributed by atoms with Gasteiger partial charge >= 0.3 is 0 Å². The minimum Gasteiger partial charge on any atom is -0.272 e. The van der Waals surface area contributed by atoms with Crippen LogP contribution in [0.25, 0.3) is 0 Å². The minimum absolute atomic E-state index is 0.0776. The van der Waals surface area contributed by atoms with Crippen LogP contribution in [-0.4, -0.2) is 11.6 Å². The summed E-state index contributed by atoms with van der Waals surface area (Å²) in [6.45, 7) is 3.64. The van der Waals surface area contributed by atoms with Crippen molar-refractivity contribution < 1.29 is 4.79 Å². The van der Waals surface area contributed by atoms with Gasteiger partial charge in [-0.15, -0.1) is 0 Å². The monoisotopic (exact) mass is 175 g/mol. The number of carbonyl (C=O) groups excluding carboxylic acids is 1. The van der Waals surface area contributed by atoms with Crippen LogP contribution in [0.15, 0.2) is 35.3 Å². The number of carbonyl (C=O) groups is 1. The van der Waals surface area contributed by atoms with E-state index in [0.29, 0.717) is 6.42 Å². The number of aliphatic imine (C=N–C) groups is 1. The van der Waals surface area contributed by atoms with Crippen molar-refractivity contribution in [2.45, 2.75) is 20.3 Å². The van der Waals surface area contributed by atoms with E-state index in [1.807, 2.05) is 44.2 Å². The summed E-state index contributed by atoms with van der Waals surface area (Å²) in [6.07, 6.45) is 0.395. The maximum absolute atomic E-state index is 11.2. The van der Waals surface area contributed by atoms with Gasteiger partial charge in [0.25, 0.3) is 0 Å². The van der Waals surface area contributed by atoms with Crippen molar-refractivity contribution in [3.05, 3.63) is 35.9 Å². The molecule has 0 N–H and O–H groups in total. The Morgan fingerprint density at radius 3 is 2.38 bits per heavy atom. The van der Waals surface area contributed by atoms with Crippen LogP contribution >= 0.6 is 0 Å².